The van der Waals surface area contributed by atoms with Crippen molar-refractivity contribution < 1.29 is 9.26 Å². The fourth-order valence-corrected chi connectivity index (χ4v) is 4.00. The Balaban J connectivity index is 1.50. The summed E-state index contributed by atoms with van der Waals surface area (Å²) in [5.74, 6) is 1.89. The number of nitrogens with zero attached hydrogens (tertiary/aromatic N) is 5. The van der Waals surface area contributed by atoms with Gasteiger partial charge in [0, 0.05) is 49.7 Å². The van der Waals surface area contributed by atoms with Crippen LogP contribution in [0.15, 0.2) is 23.1 Å². The predicted molar refractivity (Wildman–Crippen MR) is 93.4 cm³/mol. The van der Waals surface area contributed by atoms with Crippen molar-refractivity contribution >= 4 is 5.82 Å². The molecule has 0 saturated carbocycles. The van der Waals surface area contributed by atoms with Gasteiger partial charge in [-0.1, -0.05) is 5.16 Å². The molecule has 4 rings (SSSR count). The topological polar surface area (TPSA) is 67.5 Å². The summed E-state index contributed by atoms with van der Waals surface area (Å²) in [5.41, 5.74) is 2.31. The highest BCUT2D eigenvalue weighted by Gasteiger charge is 2.42. The second kappa shape index (κ2) is 6.72. The molecule has 0 aromatic carbocycles. The lowest BCUT2D eigenvalue weighted by Gasteiger charge is -2.51. The third kappa shape index (κ3) is 3.14. The largest absolute Gasteiger partial charge is 0.378 e. The molecule has 1 spiro atoms. The summed E-state index contributed by atoms with van der Waals surface area (Å²) < 4.78 is 11.2. The standard InChI is InChI=1S/C18H25N5O2/c1-14-16(15(2)25-21-14)12-23-9-10-24-13-18(23)3-7-22(8-4-18)17-11-19-5-6-20-17/h5-6,11H,3-4,7-10,12-13H2,1-2H3. The van der Waals surface area contributed by atoms with E-state index in [1.165, 1.54) is 5.56 Å². The van der Waals surface area contributed by atoms with Crippen molar-refractivity contribution in [2.45, 2.75) is 38.8 Å². The minimum atomic E-state index is 0.0904. The quantitative estimate of drug-likeness (QED) is 0.844. The van der Waals surface area contributed by atoms with Gasteiger partial charge in [-0.15, -0.1) is 0 Å². The van der Waals surface area contributed by atoms with Crippen LogP contribution >= 0.6 is 0 Å². The molecule has 2 fully saturated rings. The molecule has 0 bridgehead atoms. The normalized spacial score (nSPS) is 21.0. The van der Waals surface area contributed by atoms with Crippen LogP contribution in [0.4, 0.5) is 5.82 Å². The average molecular weight is 343 g/mol. The molecule has 134 valence electrons. The van der Waals surface area contributed by atoms with Crippen LogP contribution in [-0.4, -0.2) is 58.4 Å². The van der Waals surface area contributed by atoms with E-state index < -0.39 is 0 Å². The zero-order valence-electron chi connectivity index (χ0n) is 14.9. The monoisotopic (exact) mass is 343 g/mol. The number of aryl methyl sites for hydroxylation is 2. The average Bonchev–Trinajstić information content (AvgIpc) is 2.97. The molecule has 4 heterocycles. The van der Waals surface area contributed by atoms with Crippen LogP contribution in [0.25, 0.3) is 0 Å². The highest BCUT2D eigenvalue weighted by Crippen LogP contribution is 2.34. The smallest absolute Gasteiger partial charge is 0.147 e. The van der Waals surface area contributed by atoms with E-state index in [0.717, 1.165) is 69.5 Å². The van der Waals surface area contributed by atoms with Crippen LogP contribution < -0.4 is 4.90 Å². The van der Waals surface area contributed by atoms with Gasteiger partial charge in [0.25, 0.3) is 0 Å². The van der Waals surface area contributed by atoms with Gasteiger partial charge in [-0.05, 0) is 26.7 Å². The Morgan fingerprint density at radius 1 is 1.16 bits per heavy atom. The molecule has 2 aliphatic heterocycles. The van der Waals surface area contributed by atoms with Gasteiger partial charge in [0.1, 0.15) is 11.6 Å². The van der Waals surface area contributed by atoms with Gasteiger partial charge < -0.3 is 14.2 Å². The SMILES string of the molecule is Cc1noc(C)c1CN1CCOCC12CCN(c1cnccn1)CC2. The molecule has 0 unspecified atom stereocenters. The lowest BCUT2D eigenvalue weighted by atomic mass is 9.85. The van der Waals surface area contributed by atoms with Crippen LogP contribution in [0.2, 0.25) is 0 Å². The highest BCUT2D eigenvalue weighted by atomic mass is 16.5. The highest BCUT2D eigenvalue weighted by molar-refractivity contribution is 5.36. The second-order valence-electron chi connectivity index (χ2n) is 7.05. The van der Waals surface area contributed by atoms with E-state index in [9.17, 15) is 0 Å². The molecule has 25 heavy (non-hydrogen) atoms. The molecule has 2 aromatic heterocycles. The van der Waals surface area contributed by atoms with Crippen molar-refractivity contribution in [2.75, 3.05) is 37.7 Å². The van der Waals surface area contributed by atoms with Crippen molar-refractivity contribution in [1.29, 1.82) is 0 Å². The van der Waals surface area contributed by atoms with Crippen molar-refractivity contribution in [1.82, 2.24) is 20.0 Å². The maximum atomic E-state index is 5.89. The van der Waals surface area contributed by atoms with E-state index in [1.807, 2.05) is 20.0 Å². The first-order valence-electron chi connectivity index (χ1n) is 8.93. The summed E-state index contributed by atoms with van der Waals surface area (Å²) in [7, 11) is 0. The fraction of sp³-hybridized carbons (Fsp3) is 0.611. The molecule has 7 heteroatoms. The molecule has 2 aromatic rings. The number of piperidine rings is 1. The summed E-state index contributed by atoms with van der Waals surface area (Å²) in [6.45, 7) is 9.39. The minimum absolute atomic E-state index is 0.0904. The molecule has 0 atom stereocenters. The minimum Gasteiger partial charge on any atom is -0.378 e. The van der Waals surface area contributed by atoms with E-state index >= 15 is 0 Å². The van der Waals surface area contributed by atoms with Crippen molar-refractivity contribution in [3.63, 3.8) is 0 Å². The number of morpholine rings is 1. The van der Waals surface area contributed by atoms with E-state index in [0.29, 0.717) is 0 Å². The molecule has 0 radical (unpaired) electrons. The van der Waals surface area contributed by atoms with Crippen molar-refractivity contribution in [3.05, 3.63) is 35.6 Å². The lowest BCUT2D eigenvalue weighted by Crippen LogP contribution is -2.61. The van der Waals surface area contributed by atoms with Gasteiger partial charge in [0.15, 0.2) is 0 Å². The van der Waals surface area contributed by atoms with Gasteiger partial charge >= 0.3 is 0 Å². The number of rotatable bonds is 3. The van der Waals surface area contributed by atoms with E-state index in [1.54, 1.807) is 12.4 Å². The number of hydrogen-bond acceptors (Lipinski definition) is 7. The van der Waals surface area contributed by atoms with Crippen molar-refractivity contribution in [2.24, 2.45) is 0 Å². The number of hydrogen-bond donors (Lipinski definition) is 0. The van der Waals surface area contributed by atoms with Gasteiger partial charge in [0.05, 0.1) is 25.1 Å². The zero-order valence-corrected chi connectivity index (χ0v) is 14.9. The zero-order chi connectivity index (χ0) is 17.3. The Morgan fingerprint density at radius 2 is 2.00 bits per heavy atom. The number of aromatic nitrogens is 3. The van der Waals surface area contributed by atoms with Gasteiger partial charge in [-0.2, -0.15) is 0 Å². The van der Waals surface area contributed by atoms with Crippen LogP contribution in [0.5, 0.6) is 0 Å². The third-order valence-electron chi connectivity index (χ3n) is 5.64. The summed E-state index contributed by atoms with van der Waals surface area (Å²) >= 11 is 0. The molecule has 0 N–H and O–H groups in total. The predicted octanol–water partition coefficient (Wildman–Crippen LogP) is 1.95. The number of anilines is 1. The first-order chi connectivity index (χ1) is 12.2. The van der Waals surface area contributed by atoms with Crippen LogP contribution in [0.1, 0.15) is 29.9 Å². The molecule has 7 nitrogen and oxygen atoms in total. The Kier molecular flexibility index (Phi) is 4.43. The molecular formula is C18H25N5O2. The first kappa shape index (κ1) is 16.5. The van der Waals surface area contributed by atoms with E-state index in [-0.39, 0.29) is 5.54 Å². The summed E-state index contributed by atoms with van der Waals surface area (Å²) in [4.78, 5) is 13.5. The lowest BCUT2D eigenvalue weighted by molar-refractivity contribution is -0.0844. The van der Waals surface area contributed by atoms with E-state index in [4.69, 9.17) is 9.26 Å². The first-order valence-corrected chi connectivity index (χ1v) is 8.93. The van der Waals surface area contributed by atoms with Gasteiger partial charge in [-0.3, -0.25) is 9.88 Å². The Hall–Kier alpha value is -1.99. The molecule has 0 amide bonds. The van der Waals surface area contributed by atoms with Crippen molar-refractivity contribution in [3.8, 4) is 0 Å². The molecule has 0 aliphatic carbocycles. The van der Waals surface area contributed by atoms with Gasteiger partial charge in [-0.25, -0.2) is 4.98 Å². The van der Waals surface area contributed by atoms with Gasteiger partial charge in [0.2, 0.25) is 0 Å². The fourth-order valence-electron chi connectivity index (χ4n) is 4.00. The Morgan fingerprint density at radius 3 is 2.68 bits per heavy atom. The third-order valence-corrected chi connectivity index (χ3v) is 5.64. The maximum Gasteiger partial charge on any atom is 0.147 e. The second-order valence-corrected chi connectivity index (χ2v) is 7.05. The molecule has 2 aliphatic rings. The van der Waals surface area contributed by atoms with Crippen LogP contribution in [0, 0.1) is 13.8 Å². The number of ether oxygens (including phenoxy) is 1. The maximum absolute atomic E-state index is 5.89. The van der Waals surface area contributed by atoms with Crippen LogP contribution in [-0.2, 0) is 11.3 Å². The van der Waals surface area contributed by atoms with Crippen LogP contribution in [0.3, 0.4) is 0 Å². The summed E-state index contributed by atoms with van der Waals surface area (Å²) in [6, 6.07) is 0. The van der Waals surface area contributed by atoms with E-state index in [2.05, 4.69) is 24.9 Å². The Labute approximate surface area is 148 Å². The Bertz CT molecular complexity index is 690. The summed E-state index contributed by atoms with van der Waals surface area (Å²) in [5, 5.41) is 4.11. The molecule has 2 saturated heterocycles. The molecular weight excluding hydrogens is 318 g/mol. The summed E-state index contributed by atoms with van der Waals surface area (Å²) in [6.07, 6.45) is 7.44.